The third-order valence-corrected chi connectivity index (χ3v) is 3.13. The van der Waals surface area contributed by atoms with Crippen LogP contribution in [0.5, 0.6) is 0 Å². The molecule has 2 amide bonds. The first-order valence-electron chi connectivity index (χ1n) is 6.67. The smallest absolute Gasteiger partial charge is 0.317 e. The van der Waals surface area contributed by atoms with Crippen LogP contribution in [0.3, 0.4) is 0 Å². The van der Waals surface area contributed by atoms with Gasteiger partial charge in [-0.1, -0.05) is 6.92 Å². The van der Waals surface area contributed by atoms with Gasteiger partial charge >= 0.3 is 12.0 Å². The molecule has 1 heterocycles. The topological polar surface area (TPSA) is 87.5 Å². The van der Waals surface area contributed by atoms with E-state index in [0.29, 0.717) is 19.5 Å². The first-order valence-corrected chi connectivity index (χ1v) is 6.67. The molecule has 0 saturated heterocycles. The predicted octanol–water partition coefficient (Wildman–Crippen LogP) is 0.715. The minimum Gasteiger partial charge on any atom is -0.481 e. The summed E-state index contributed by atoms with van der Waals surface area (Å²) in [7, 11) is 1.90. The maximum atomic E-state index is 11.9. The molecule has 1 rings (SSSR count). The van der Waals surface area contributed by atoms with Crippen LogP contribution in [0.25, 0.3) is 0 Å². The molecule has 0 aliphatic rings. The molecule has 0 aromatic carbocycles. The van der Waals surface area contributed by atoms with E-state index in [0.717, 1.165) is 5.82 Å². The van der Waals surface area contributed by atoms with Crippen LogP contribution in [0.15, 0.2) is 12.4 Å². The Balaban J connectivity index is 2.40. The summed E-state index contributed by atoms with van der Waals surface area (Å²) < 4.78 is 1.90. The van der Waals surface area contributed by atoms with Crippen molar-refractivity contribution in [1.82, 2.24) is 19.8 Å². The van der Waals surface area contributed by atoms with Crippen LogP contribution in [0.1, 0.15) is 19.7 Å². The maximum absolute atomic E-state index is 11.9. The molecule has 1 unspecified atom stereocenters. The molecule has 1 atom stereocenters. The monoisotopic (exact) mass is 282 g/mol. The van der Waals surface area contributed by atoms with E-state index >= 15 is 0 Å². The van der Waals surface area contributed by atoms with Crippen molar-refractivity contribution in [2.45, 2.75) is 20.3 Å². The lowest BCUT2D eigenvalue weighted by Gasteiger charge is -2.23. The van der Waals surface area contributed by atoms with E-state index in [1.165, 1.54) is 4.90 Å². The lowest BCUT2D eigenvalue weighted by atomic mass is 10.2. The molecule has 0 bridgehead atoms. The Labute approximate surface area is 118 Å². The summed E-state index contributed by atoms with van der Waals surface area (Å²) >= 11 is 0. The summed E-state index contributed by atoms with van der Waals surface area (Å²) in [6.45, 7) is 4.58. The van der Waals surface area contributed by atoms with Gasteiger partial charge in [-0.15, -0.1) is 0 Å². The second-order valence-electron chi connectivity index (χ2n) is 4.71. The Morgan fingerprint density at radius 2 is 2.25 bits per heavy atom. The number of carboxylic acid groups (broad SMARTS) is 1. The van der Waals surface area contributed by atoms with E-state index in [4.69, 9.17) is 5.11 Å². The van der Waals surface area contributed by atoms with Crippen molar-refractivity contribution in [2.24, 2.45) is 13.0 Å². The molecule has 0 saturated carbocycles. The van der Waals surface area contributed by atoms with Gasteiger partial charge in [0, 0.05) is 45.5 Å². The van der Waals surface area contributed by atoms with E-state index in [-0.39, 0.29) is 12.6 Å². The minimum atomic E-state index is -0.899. The molecule has 7 heteroatoms. The van der Waals surface area contributed by atoms with Crippen LogP contribution in [-0.4, -0.2) is 51.2 Å². The number of nitrogens with zero attached hydrogens (tertiary/aromatic N) is 3. The second kappa shape index (κ2) is 7.52. The number of nitrogens with one attached hydrogen (secondary N) is 1. The van der Waals surface area contributed by atoms with Gasteiger partial charge in [0.15, 0.2) is 0 Å². The van der Waals surface area contributed by atoms with E-state index in [1.54, 1.807) is 13.1 Å². The fraction of sp³-hybridized carbons (Fsp3) is 0.615. The highest BCUT2D eigenvalue weighted by Gasteiger charge is 2.18. The zero-order chi connectivity index (χ0) is 15.1. The Kier molecular flexibility index (Phi) is 6.02. The van der Waals surface area contributed by atoms with Crippen molar-refractivity contribution in [3.05, 3.63) is 18.2 Å². The molecule has 0 aliphatic heterocycles. The van der Waals surface area contributed by atoms with Crippen molar-refractivity contribution in [3.63, 3.8) is 0 Å². The summed E-state index contributed by atoms with van der Waals surface area (Å²) in [5, 5.41) is 11.7. The number of imidazole rings is 1. The number of aryl methyl sites for hydroxylation is 1. The van der Waals surface area contributed by atoms with E-state index in [2.05, 4.69) is 10.3 Å². The number of urea groups is 1. The minimum absolute atomic E-state index is 0.208. The van der Waals surface area contributed by atoms with Crippen molar-refractivity contribution in [1.29, 1.82) is 0 Å². The first-order chi connectivity index (χ1) is 9.45. The molecular weight excluding hydrogens is 260 g/mol. The van der Waals surface area contributed by atoms with E-state index in [9.17, 15) is 9.59 Å². The van der Waals surface area contributed by atoms with Crippen LogP contribution in [0, 0.1) is 5.92 Å². The summed E-state index contributed by atoms with van der Waals surface area (Å²) in [5.74, 6) is -0.577. The van der Waals surface area contributed by atoms with Gasteiger partial charge in [-0.3, -0.25) is 4.79 Å². The number of aliphatic carboxylic acids is 1. The molecule has 0 spiro atoms. The quantitative estimate of drug-likeness (QED) is 0.771. The molecule has 112 valence electrons. The van der Waals surface area contributed by atoms with Crippen LogP contribution in [0.2, 0.25) is 0 Å². The second-order valence-corrected chi connectivity index (χ2v) is 4.71. The number of rotatable bonds is 7. The average molecular weight is 282 g/mol. The zero-order valence-corrected chi connectivity index (χ0v) is 12.2. The summed E-state index contributed by atoms with van der Waals surface area (Å²) in [6, 6.07) is -0.241. The number of carbonyl (C=O) groups excluding carboxylic acids is 1. The van der Waals surface area contributed by atoms with Crippen molar-refractivity contribution < 1.29 is 14.7 Å². The predicted molar refractivity (Wildman–Crippen MR) is 74.4 cm³/mol. The highest BCUT2D eigenvalue weighted by molar-refractivity contribution is 5.75. The van der Waals surface area contributed by atoms with Crippen molar-refractivity contribution >= 4 is 12.0 Å². The summed E-state index contributed by atoms with van der Waals surface area (Å²) in [6.07, 6.45) is 4.20. The molecule has 1 aromatic heterocycles. The Morgan fingerprint density at radius 1 is 1.55 bits per heavy atom. The average Bonchev–Trinajstić information content (AvgIpc) is 2.81. The molecule has 20 heavy (non-hydrogen) atoms. The molecule has 7 nitrogen and oxygen atoms in total. The Bertz CT molecular complexity index is 458. The molecule has 1 aromatic rings. The van der Waals surface area contributed by atoms with Gasteiger partial charge in [-0.2, -0.15) is 0 Å². The normalized spacial score (nSPS) is 11.9. The van der Waals surface area contributed by atoms with E-state index in [1.807, 2.05) is 24.7 Å². The molecule has 0 aliphatic carbocycles. The number of hydrogen-bond donors (Lipinski definition) is 2. The lowest BCUT2D eigenvalue weighted by molar-refractivity contribution is -0.141. The van der Waals surface area contributed by atoms with Gasteiger partial charge in [0.25, 0.3) is 0 Å². The van der Waals surface area contributed by atoms with Gasteiger partial charge in [-0.25, -0.2) is 9.78 Å². The fourth-order valence-corrected chi connectivity index (χ4v) is 1.79. The van der Waals surface area contributed by atoms with Gasteiger partial charge < -0.3 is 19.9 Å². The lowest BCUT2D eigenvalue weighted by Crippen LogP contribution is -2.43. The largest absolute Gasteiger partial charge is 0.481 e. The summed E-state index contributed by atoms with van der Waals surface area (Å²) in [5.41, 5.74) is 0. The maximum Gasteiger partial charge on any atom is 0.317 e. The molecule has 0 fully saturated rings. The SMILES string of the molecule is CCN(CC(C)C(=O)O)C(=O)NCCc1nccn1C. The number of amides is 2. The highest BCUT2D eigenvalue weighted by atomic mass is 16.4. The molecule has 0 radical (unpaired) electrons. The Morgan fingerprint density at radius 3 is 2.75 bits per heavy atom. The molecular formula is C13H22N4O3. The van der Waals surface area contributed by atoms with Crippen LogP contribution < -0.4 is 5.32 Å². The van der Waals surface area contributed by atoms with Gasteiger partial charge in [0.2, 0.25) is 0 Å². The first kappa shape index (κ1) is 16.0. The van der Waals surface area contributed by atoms with Crippen LogP contribution >= 0.6 is 0 Å². The highest BCUT2D eigenvalue weighted by Crippen LogP contribution is 2.01. The number of aromatic nitrogens is 2. The zero-order valence-electron chi connectivity index (χ0n) is 12.2. The third-order valence-electron chi connectivity index (χ3n) is 3.13. The Hall–Kier alpha value is -2.05. The van der Waals surface area contributed by atoms with Gasteiger partial charge in [0.05, 0.1) is 5.92 Å². The number of carbonyl (C=O) groups is 2. The fourth-order valence-electron chi connectivity index (χ4n) is 1.79. The van der Waals surface area contributed by atoms with Crippen molar-refractivity contribution in [3.8, 4) is 0 Å². The van der Waals surface area contributed by atoms with E-state index < -0.39 is 11.9 Å². The standard InChI is InChI=1S/C13H22N4O3/c1-4-17(9-10(2)12(18)19)13(20)15-6-5-11-14-7-8-16(11)3/h7-8,10H,4-6,9H2,1-3H3,(H,15,20)(H,18,19). The van der Waals surface area contributed by atoms with Crippen LogP contribution in [0.4, 0.5) is 4.79 Å². The summed E-state index contributed by atoms with van der Waals surface area (Å²) in [4.78, 5) is 28.4. The number of hydrogen-bond acceptors (Lipinski definition) is 3. The van der Waals surface area contributed by atoms with Crippen molar-refractivity contribution in [2.75, 3.05) is 19.6 Å². The van der Waals surface area contributed by atoms with Crippen LogP contribution in [-0.2, 0) is 18.3 Å². The van der Waals surface area contributed by atoms with Gasteiger partial charge in [0.1, 0.15) is 5.82 Å². The molecule has 2 N–H and O–H groups in total. The number of carboxylic acids is 1. The third kappa shape index (κ3) is 4.56. The van der Waals surface area contributed by atoms with Gasteiger partial charge in [-0.05, 0) is 6.92 Å².